The normalized spacial score (nSPS) is 11.9. The van der Waals surface area contributed by atoms with Crippen molar-refractivity contribution in [3.05, 3.63) is 28.8 Å². The van der Waals surface area contributed by atoms with Gasteiger partial charge in [-0.3, -0.25) is 4.72 Å². The van der Waals surface area contributed by atoms with E-state index in [9.17, 15) is 21.6 Å². The second kappa shape index (κ2) is 6.33. The Labute approximate surface area is 119 Å². The van der Waals surface area contributed by atoms with Crippen molar-refractivity contribution in [2.45, 2.75) is 19.0 Å². The first kappa shape index (κ1) is 16.6. The van der Waals surface area contributed by atoms with Gasteiger partial charge in [-0.1, -0.05) is 11.6 Å². The van der Waals surface area contributed by atoms with Gasteiger partial charge >= 0.3 is 6.18 Å². The number of nitrogens with zero attached hydrogens (tertiary/aromatic N) is 1. The molecule has 0 radical (unpaired) electrons. The highest BCUT2D eigenvalue weighted by atomic mass is 35.5. The van der Waals surface area contributed by atoms with Crippen LogP contribution in [0.25, 0.3) is 0 Å². The summed E-state index contributed by atoms with van der Waals surface area (Å²) in [6.45, 7) is 0. The van der Waals surface area contributed by atoms with Crippen molar-refractivity contribution in [1.29, 1.82) is 5.26 Å². The lowest BCUT2D eigenvalue weighted by atomic mass is 10.2. The summed E-state index contributed by atoms with van der Waals surface area (Å²) in [5.74, 6) is -0.681. The second-order valence-corrected chi connectivity index (χ2v) is 6.20. The first-order valence-corrected chi connectivity index (χ1v) is 7.43. The number of alkyl halides is 3. The predicted molar refractivity (Wildman–Crippen MR) is 68.9 cm³/mol. The van der Waals surface area contributed by atoms with Gasteiger partial charge in [0.1, 0.15) is 0 Å². The molecule has 0 fully saturated rings. The first-order chi connectivity index (χ1) is 9.13. The summed E-state index contributed by atoms with van der Waals surface area (Å²) in [6.07, 6.45) is -6.12. The molecule has 1 aromatic carbocycles. The minimum absolute atomic E-state index is 0.0299. The van der Waals surface area contributed by atoms with Crippen molar-refractivity contribution in [3.8, 4) is 6.07 Å². The van der Waals surface area contributed by atoms with E-state index in [1.807, 2.05) is 0 Å². The van der Waals surface area contributed by atoms with E-state index in [0.717, 1.165) is 0 Å². The molecule has 0 aromatic heterocycles. The van der Waals surface area contributed by atoms with Crippen LogP contribution < -0.4 is 4.72 Å². The van der Waals surface area contributed by atoms with Crippen LogP contribution in [-0.2, 0) is 10.0 Å². The largest absolute Gasteiger partial charge is 0.389 e. The Hall–Kier alpha value is -1.46. The van der Waals surface area contributed by atoms with Crippen molar-refractivity contribution in [1.82, 2.24) is 0 Å². The minimum atomic E-state index is -4.39. The fourth-order valence-electron chi connectivity index (χ4n) is 1.35. The van der Waals surface area contributed by atoms with Crippen molar-refractivity contribution in [3.63, 3.8) is 0 Å². The SMILES string of the molecule is N#Cc1ccc(Cl)c(NS(=O)(=O)CCCC(F)(F)F)c1. The van der Waals surface area contributed by atoms with Crippen molar-refractivity contribution >= 4 is 27.3 Å². The van der Waals surface area contributed by atoms with E-state index in [1.165, 1.54) is 18.2 Å². The Kier molecular flexibility index (Phi) is 5.25. The molecular formula is C11H10ClF3N2O2S. The number of nitrogens with one attached hydrogen (secondary N) is 1. The molecule has 0 unspecified atom stereocenters. The number of hydrogen-bond donors (Lipinski definition) is 1. The molecule has 1 rings (SSSR count). The molecule has 0 saturated heterocycles. The highest BCUT2D eigenvalue weighted by Crippen LogP contribution is 2.25. The summed E-state index contributed by atoms with van der Waals surface area (Å²) in [5.41, 5.74) is 0.153. The van der Waals surface area contributed by atoms with E-state index in [-0.39, 0.29) is 16.3 Å². The van der Waals surface area contributed by atoms with Crippen LogP contribution in [0.2, 0.25) is 5.02 Å². The molecule has 1 aromatic rings. The zero-order valence-electron chi connectivity index (χ0n) is 10.0. The Morgan fingerprint density at radius 3 is 2.55 bits per heavy atom. The number of hydrogen-bond acceptors (Lipinski definition) is 3. The lowest BCUT2D eigenvalue weighted by Crippen LogP contribution is -2.19. The van der Waals surface area contributed by atoms with Crippen LogP contribution in [0.15, 0.2) is 18.2 Å². The summed E-state index contributed by atoms with van der Waals surface area (Å²) in [4.78, 5) is 0. The Morgan fingerprint density at radius 2 is 2.00 bits per heavy atom. The van der Waals surface area contributed by atoms with Crippen molar-refractivity contribution in [2.24, 2.45) is 0 Å². The van der Waals surface area contributed by atoms with E-state index in [2.05, 4.69) is 4.72 Å². The van der Waals surface area contributed by atoms with Gasteiger partial charge in [0.25, 0.3) is 0 Å². The van der Waals surface area contributed by atoms with E-state index in [4.69, 9.17) is 16.9 Å². The van der Waals surface area contributed by atoms with Gasteiger partial charge in [-0.25, -0.2) is 8.42 Å². The summed E-state index contributed by atoms with van der Waals surface area (Å²) < 4.78 is 61.1. The maximum absolute atomic E-state index is 11.9. The standard InChI is InChI=1S/C11H10ClF3N2O2S/c12-9-3-2-8(7-16)6-10(9)17-20(18,19)5-1-4-11(13,14)15/h2-3,6,17H,1,4-5H2. The molecule has 9 heteroatoms. The quantitative estimate of drug-likeness (QED) is 0.902. The number of anilines is 1. The predicted octanol–water partition coefficient (Wildman–Crippen LogP) is 3.30. The molecule has 0 aliphatic rings. The van der Waals surface area contributed by atoms with Gasteiger partial charge in [0.2, 0.25) is 10.0 Å². The number of rotatable bonds is 5. The average molecular weight is 327 g/mol. The van der Waals surface area contributed by atoms with Crippen LogP contribution in [0.5, 0.6) is 0 Å². The van der Waals surface area contributed by atoms with Crippen LogP contribution in [0.1, 0.15) is 18.4 Å². The van der Waals surface area contributed by atoms with Crippen LogP contribution in [0, 0.1) is 11.3 Å². The van der Waals surface area contributed by atoms with Gasteiger partial charge in [0.05, 0.1) is 28.1 Å². The zero-order chi connectivity index (χ0) is 15.4. The molecule has 0 heterocycles. The zero-order valence-corrected chi connectivity index (χ0v) is 11.6. The van der Waals surface area contributed by atoms with E-state index < -0.39 is 34.8 Å². The van der Waals surface area contributed by atoms with Crippen LogP contribution in [0.4, 0.5) is 18.9 Å². The monoisotopic (exact) mass is 326 g/mol. The van der Waals surface area contributed by atoms with Gasteiger partial charge in [0, 0.05) is 6.42 Å². The molecule has 0 aliphatic heterocycles. The molecule has 110 valence electrons. The fourth-order valence-corrected chi connectivity index (χ4v) is 2.71. The Morgan fingerprint density at radius 1 is 1.35 bits per heavy atom. The molecule has 20 heavy (non-hydrogen) atoms. The first-order valence-electron chi connectivity index (χ1n) is 5.40. The molecule has 0 spiro atoms. The van der Waals surface area contributed by atoms with E-state index in [1.54, 1.807) is 6.07 Å². The molecule has 1 N–H and O–H groups in total. The topological polar surface area (TPSA) is 70.0 Å². The van der Waals surface area contributed by atoms with Crippen LogP contribution in [-0.4, -0.2) is 20.3 Å². The molecule has 4 nitrogen and oxygen atoms in total. The number of sulfonamides is 1. The Balaban J connectivity index is 2.74. The fraction of sp³-hybridized carbons (Fsp3) is 0.364. The highest BCUT2D eigenvalue weighted by Gasteiger charge is 2.27. The van der Waals surface area contributed by atoms with E-state index in [0.29, 0.717) is 0 Å². The molecule has 0 atom stereocenters. The summed E-state index contributed by atoms with van der Waals surface area (Å²) in [6, 6.07) is 5.73. The maximum atomic E-state index is 11.9. The maximum Gasteiger partial charge on any atom is 0.389 e. The van der Waals surface area contributed by atoms with Gasteiger partial charge in [-0.15, -0.1) is 0 Å². The van der Waals surface area contributed by atoms with Gasteiger partial charge < -0.3 is 0 Å². The number of nitriles is 1. The van der Waals surface area contributed by atoms with Crippen molar-refractivity contribution in [2.75, 3.05) is 10.5 Å². The molecule has 0 saturated carbocycles. The summed E-state index contributed by atoms with van der Waals surface area (Å²) >= 11 is 5.75. The molecule has 0 amide bonds. The lowest BCUT2D eigenvalue weighted by Gasteiger charge is -2.10. The molecular weight excluding hydrogens is 317 g/mol. The highest BCUT2D eigenvalue weighted by molar-refractivity contribution is 7.92. The minimum Gasteiger partial charge on any atom is -0.282 e. The van der Waals surface area contributed by atoms with Gasteiger partial charge in [0.15, 0.2) is 0 Å². The third-order valence-corrected chi connectivity index (χ3v) is 3.92. The summed E-state index contributed by atoms with van der Waals surface area (Å²) in [7, 11) is -3.95. The van der Waals surface area contributed by atoms with Crippen LogP contribution in [0.3, 0.4) is 0 Å². The smallest absolute Gasteiger partial charge is 0.282 e. The van der Waals surface area contributed by atoms with Crippen molar-refractivity contribution < 1.29 is 21.6 Å². The third-order valence-electron chi connectivity index (χ3n) is 2.23. The second-order valence-electron chi connectivity index (χ2n) is 3.95. The van der Waals surface area contributed by atoms with E-state index >= 15 is 0 Å². The molecule has 0 aliphatic carbocycles. The summed E-state index contributed by atoms with van der Waals surface area (Å²) in [5, 5.41) is 8.75. The van der Waals surface area contributed by atoms with Crippen LogP contribution >= 0.6 is 11.6 Å². The van der Waals surface area contributed by atoms with Gasteiger partial charge in [-0.2, -0.15) is 18.4 Å². The average Bonchev–Trinajstić information content (AvgIpc) is 2.29. The Bertz CT molecular complexity index is 624. The third kappa shape index (κ3) is 5.67. The molecule has 0 bridgehead atoms. The number of benzene rings is 1. The van der Waals surface area contributed by atoms with Gasteiger partial charge in [-0.05, 0) is 24.6 Å². The lowest BCUT2D eigenvalue weighted by molar-refractivity contribution is -0.134. The number of halogens is 4.